The van der Waals surface area contributed by atoms with Crippen LogP contribution in [0.2, 0.25) is 0 Å². The third kappa shape index (κ3) is 3.47. The van der Waals surface area contributed by atoms with Crippen molar-refractivity contribution in [3.8, 4) is 11.5 Å². The third-order valence-corrected chi connectivity index (χ3v) is 4.17. The van der Waals surface area contributed by atoms with Crippen LogP contribution in [0.25, 0.3) is 0 Å². The highest BCUT2D eigenvalue weighted by atomic mass is 16.5. The lowest BCUT2D eigenvalue weighted by atomic mass is 10.0. The van der Waals surface area contributed by atoms with E-state index in [2.05, 4.69) is 5.32 Å². The Morgan fingerprint density at radius 1 is 1.33 bits per heavy atom. The Labute approximate surface area is 125 Å². The Hall–Kier alpha value is -1.75. The van der Waals surface area contributed by atoms with E-state index in [1.807, 2.05) is 25.1 Å². The number of ether oxygens (including phenoxy) is 2. The summed E-state index contributed by atoms with van der Waals surface area (Å²) in [6.45, 7) is 1.94. The normalized spacial score (nSPS) is 22.7. The van der Waals surface area contributed by atoms with Crippen molar-refractivity contribution in [2.75, 3.05) is 14.2 Å². The van der Waals surface area contributed by atoms with Crippen molar-refractivity contribution in [2.45, 2.75) is 38.3 Å². The SMILES string of the molecule is COc1ccc(OC)c(C(C)NC(=O)C2CCCC2N)c1. The van der Waals surface area contributed by atoms with Crippen LogP contribution in [0.4, 0.5) is 0 Å². The van der Waals surface area contributed by atoms with Gasteiger partial charge in [-0.2, -0.15) is 0 Å². The Balaban J connectivity index is 2.12. The van der Waals surface area contributed by atoms with Gasteiger partial charge in [-0.1, -0.05) is 6.42 Å². The van der Waals surface area contributed by atoms with E-state index in [4.69, 9.17) is 15.2 Å². The molecule has 2 rings (SSSR count). The number of benzene rings is 1. The maximum Gasteiger partial charge on any atom is 0.225 e. The molecule has 1 amide bonds. The molecule has 0 aromatic heterocycles. The van der Waals surface area contributed by atoms with Crippen molar-refractivity contribution < 1.29 is 14.3 Å². The molecule has 0 radical (unpaired) electrons. The van der Waals surface area contributed by atoms with E-state index < -0.39 is 0 Å². The molecule has 1 fully saturated rings. The number of nitrogens with two attached hydrogens (primary N) is 1. The highest BCUT2D eigenvalue weighted by molar-refractivity contribution is 5.80. The molecule has 1 aliphatic carbocycles. The first-order chi connectivity index (χ1) is 10.1. The number of nitrogens with one attached hydrogen (secondary N) is 1. The first-order valence-corrected chi connectivity index (χ1v) is 7.34. The topological polar surface area (TPSA) is 73.6 Å². The summed E-state index contributed by atoms with van der Waals surface area (Å²) in [6.07, 6.45) is 2.82. The quantitative estimate of drug-likeness (QED) is 0.870. The van der Waals surface area contributed by atoms with E-state index in [1.54, 1.807) is 14.2 Å². The average molecular weight is 292 g/mol. The molecule has 0 aliphatic heterocycles. The molecule has 0 saturated heterocycles. The monoisotopic (exact) mass is 292 g/mol. The number of carbonyl (C=O) groups is 1. The van der Waals surface area contributed by atoms with Gasteiger partial charge in [-0.3, -0.25) is 4.79 Å². The van der Waals surface area contributed by atoms with E-state index in [0.29, 0.717) is 0 Å². The molecule has 3 atom stereocenters. The molecule has 1 aliphatic rings. The van der Waals surface area contributed by atoms with Gasteiger partial charge in [0, 0.05) is 11.6 Å². The zero-order chi connectivity index (χ0) is 15.4. The van der Waals surface area contributed by atoms with Crippen LogP contribution in [-0.2, 0) is 4.79 Å². The van der Waals surface area contributed by atoms with Crippen LogP contribution in [0.5, 0.6) is 11.5 Å². The molecule has 5 nitrogen and oxygen atoms in total. The minimum atomic E-state index is -0.157. The molecule has 5 heteroatoms. The summed E-state index contributed by atoms with van der Waals surface area (Å²) in [7, 11) is 3.24. The molecular formula is C16H24N2O3. The second-order valence-corrected chi connectivity index (χ2v) is 5.54. The molecule has 0 spiro atoms. The van der Waals surface area contributed by atoms with Crippen molar-refractivity contribution in [2.24, 2.45) is 11.7 Å². The van der Waals surface area contributed by atoms with Crippen LogP contribution in [0.1, 0.15) is 37.8 Å². The van der Waals surface area contributed by atoms with Gasteiger partial charge in [-0.25, -0.2) is 0 Å². The van der Waals surface area contributed by atoms with Gasteiger partial charge < -0.3 is 20.5 Å². The molecule has 0 bridgehead atoms. The Bertz CT molecular complexity index is 504. The van der Waals surface area contributed by atoms with Crippen LogP contribution in [-0.4, -0.2) is 26.2 Å². The standard InChI is InChI=1S/C16H24N2O3/c1-10(18-16(19)12-5-4-6-14(12)17)13-9-11(20-2)7-8-15(13)21-3/h7-10,12,14H,4-6,17H2,1-3H3,(H,18,19). The first kappa shape index (κ1) is 15.6. The van der Waals surface area contributed by atoms with Gasteiger partial charge >= 0.3 is 0 Å². The Morgan fingerprint density at radius 3 is 2.67 bits per heavy atom. The van der Waals surface area contributed by atoms with Gasteiger partial charge in [0.2, 0.25) is 5.91 Å². The lowest BCUT2D eigenvalue weighted by Gasteiger charge is -2.21. The lowest BCUT2D eigenvalue weighted by molar-refractivity contribution is -0.125. The van der Waals surface area contributed by atoms with Gasteiger partial charge in [-0.05, 0) is 38.0 Å². The molecule has 3 unspecified atom stereocenters. The van der Waals surface area contributed by atoms with Crippen molar-refractivity contribution in [1.29, 1.82) is 0 Å². The number of hydrogen-bond donors (Lipinski definition) is 2. The zero-order valence-electron chi connectivity index (χ0n) is 12.9. The molecule has 0 heterocycles. The van der Waals surface area contributed by atoms with E-state index in [9.17, 15) is 4.79 Å². The molecule has 1 aromatic rings. The summed E-state index contributed by atoms with van der Waals surface area (Å²) in [5.74, 6) is 1.42. The molecule has 116 valence electrons. The van der Waals surface area contributed by atoms with Crippen LogP contribution in [0.3, 0.4) is 0 Å². The van der Waals surface area contributed by atoms with Gasteiger partial charge in [-0.15, -0.1) is 0 Å². The smallest absolute Gasteiger partial charge is 0.225 e. The summed E-state index contributed by atoms with van der Waals surface area (Å²) < 4.78 is 10.6. The summed E-state index contributed by atoms with van der Waals surface area (Å²) in [6, 6.07) is 5.39. The molecule has 21 heavy (non-hydrogen) atoms. The maximum absolute atomic E-state index is 12.3. The fourth-order valence-electron chi connectivity index (χ4n) is 2.89. The van der Waals surface area contributed by atoms with Crippen molar-refractivity contribution >= 4 is 5.91 Å². The maximum atomic E-state index is 12.3. The summed E-state index contributed by atoms with van der Waals surface area (Å²) in [5.41, 5.74) is 6.89. The van der Waals surface area contributed by atoms with Crippen LogP contribution in [0, 0.1) is 5.92 Å². The average Bonchev–Trinajstić information content (AvgIpc) is 2.92. The van der Waals surface area contributed by atoms with Gasteiger partial charge in [0.25, 0.3) is 0 Å². The number of methoxy groups -OCH3 is 2. The van der Waals surface area contributed by atoms with Gasteiger partial charge in [0.05, 0.1) is 26.2 Å². The lowest BCUT2D eigenvalue weighted by Crippen LogP contribution is -2.39. The van der Waals surface area contributed by atoms with Crippen LogP contribution in [0.15, 0.2) is 18.2 Å². The van der Waals surface area contributed by atoms with E-state index in [0.717, 1.165) is 36.3 Å². The minimum absolute atomic E-state index is 0.0237. The highest BCUT2D eigenvalue weighted by Crippen LogP contribution is 2.30. The predicted molar refractivity (Wildman–Crippen MR) is 81.4 cm³/mol. The number of carbonyl (C=O) groups excluding carboxylic acids is 1. The molecule has 1 saturated carbocycles. The minimum Gasteiger partial charge on any atom is -0.497 e. The largest absolute Gasteiger partial charge is 0.497 e. The number of hydrogen-bond acceptors (Lipinski definition) is 4. The van der Waals surface area contributed by atoms with Crippen LogP contribution < -0.4 is 20.5 Å². The van der Waals surface area contributed by atoms with E-state index >= 15 is 0 Å². The fourth-order valence-corrected chi connectivity index (χ4v) is 2.89. The summed E-state index contributed by atoms with van der Waals surface area (Å²) in [4.78, 5) is 12.3. The van der Waals surface area contributed by atoms with Gasteiger partial charge in [0.1, 0.15) is 11.5 Å². The second kappa shape index (κ2) is 6.80. The van der Waals surface area contributed by atoms with E-state index in [1.165, 1.54) is 0 Å². The Morgan fingerprint density at radius 2 is 2.10 bits per heavy atom. The van der Waals surface area contributed by atoms with Crippen molar-refractivity contribution in [3.63, 3.8) is 0 Å². The van der Waals surface area contributed by atoms with Crippen molar-refractivity contribution in [3.05, 3.63) is 23.8 Å². The third-order valence-electron chi connectivity index (χ3n) is 4.17. The predicted octanol–water partition coefficient (Wildman–Crippen LogP) is 2.01. The van der Waals surface area contributed by atoms with Crippen LogP contribution >= 0.6 is 0 Å². The first-order valence-electron chi connectivity index (χ1n) is 7.34. The molecule has 3 N–H and O–H groups in total. The Kier molecular flexibility index (Phi) is 5.07. The van der Waals surface area contributed by atoms with Crippen molar-refractivity contribution in [1.82, 2.24) is 5.32 Å². The van der Waals surface area contributed by atoms with E-state index in [-0.39, 0.29) is 23.9 Å². The zero-order valence-corrected chi connectivity index (χ0v) is 12.9. The van der Waals surface area contributed by atoms with Gasteiger partial charge in [0.15, 0.2) is 0 Å². The molecular weight excluding hydrogens is 268 g/mol. The summed E-state index contributed by atoms with van der Waals surface area (Å²) >= 11 is 0. The highest BCUT2D eigenvalue weighted by Gasteiger charge is 2.31. The summed E-state index contributed by atoms with van der Waals surface area (Å²) in [5, 5.41) is 3.04. The number of rotatable bonds is 5. The molecule has 1 aromatic carbocycles. The second-order valence-electron chi connectivity index (χ2n) is 5.54. The number of amides is 1. The fraction of sp³-hybridized carbons (Fsp3) is 0.562.